The monoisotopic (exact) mass is 1330 g/mol. The molecule has 18 unspecified atom stereocenters. The molecule has 3 aliphatic heterocycles. The molecule has 3 saturated heterocycles. The number of Topliss-reactive ketones (excluding diaryl/α,β-unsaturated/α-hetero) is 1. The summed E-state index contributed by atoms with van der Waals surface area (Å²) in [4.78, 5) is 54.9. The van der Waals surface area contributed by atoms with E-state index in [0.29, 0.717) is 36.4 Å². The summed E-state index contributed by atoms with van der Waals surface area (Å²) in [6.45, 7) is 26.0. The van der Waals surface area contributed by atoms with Gasteiger partial charge in [-0.05, 0) is 109 Å². The lowest BCUT2D eigenvalue weighted by Gasteiger charge is -2.49. The number of aliphatic hydroxyl groups is 4. The van der Waals surface area contributed by atoms with Gasteiger partial charge in [-0.3, -0.25) is 23.7 Å². The van der Waals surface area contributed by atoms with Crippen LogP contribution in [0, 0.1) is 30.6 Å². The summed E-state index contributed by atoms with van der Waals surface area (Å²) in [5.74, 6) is -4.68. The van der Waals surface area contributed by atoms with E-state index in [-0.39, 0.29) is 61.0 Å². The van der Waals surface area contributed by atoms with Crippen LogP contribution in [0.5, 0.6) is 11.5 Å². The number of ether oxygens (including phenoxy) is 8. The standard InChI is InChI=1S/C40H71NO14.C16H18O4.C12H26O4S/c1-15-27-40(11,48)33(44)22(5)30(43)20(3)18-38(9,47)35(55-37-32(53-28(42)16-2)26(41(12)13)17-21(4)50-37)23(6)31(24(7)36(46)52-27)54-29-19-39(10,49-14)34(45)25(8)51-29;1-9(2)5-6-11-14(19-4)8-13(18)15-12(17)7-10(3)20-16(11)15;1-2-3-4-5-6-7-8-9-10-11-12-16-17(13,14)15/h20-27,29,31-35,37,44-45,47-48H,15-19H2,1-14H3;5,7-8,18H,6H2,1-4H3;2-12H2,1H3,(H,13,14,15). The molecule has 3 aliphatic rings. The van der Waals surface area contributed by atoms with Crippen LogP contribution in [-0.4, -0.2) is 180 Å². The molecule has 530 valence electrons. The fourth-order valence-electron chi connectivity index (χ4n) is 12.7. The molecule has 0 amide bonds. The number of nitrogens with zero attached hydrogens (tertiary/aromatic N) is 1. The van der Waals surface area contributed by atoms with Crippen LogP contribution in [0.15, 0.2) is 33.0 Å². The number of hydrogen-bond donors (Lipinski definition) is 6. The highest BCUT2D eigenvalue weighted by molar-refractivity contribution is 7.80. The molecule has 4 heterocycles. The molecule has 6 N–H and O–H groups in total. The highest BCUT2D eigenvalue weighted by atomic mass is 32.3. The molecule has 24 heteroatoms. The van der Waals surface area contributed by atoms with Crippen LogP contribution in [0.3, 0.4) is 0 Å². The molecule has 0 bridgehead atoms. The maximum Gasteiger partial charge on any atom is 0.397 e. The van der Waals surface area contributed by atoms with Crippen molar-refractivity contribution in [1.82, 2.24) is 4.90 Å². The first-order valence-electron chi connectivity index (χ1n) is 33.0. The quantitative estimate of drug-likeness (QED) is 0.0246. The second kappa shape index (κ2) is 37.4. The number of phenols is 1. The van der Waals surface area contributed by atoms with Gasteiger partial charge in [0.05, 0.1) is 67.4 Å². The van der Waals surface area contributed by atoms with Crippen molar-refractivity contribution in [1.29, 1.82) is 0 Å². The number of ketones is 1. The fourth-order valence-corrected chi connectivity index (χ4v) is 13.0. The smallest absolute Gasteiger partial charge is 0.397 e. The van der Waals surface area contributed by atoms with Crippen molar-refractivity contribution in [3.63, 3.8) is 0 Å². The summed E-state index contributed by atoms with van der Waals surface area (Å²) in [6.07, 6.45) is 4.77. The molecule has 23 nitrogen and oxygen atoms in total. The van der Waals surface area contributed by atoms with Crippen LogP contribution in [0.2, 0.25) is 0 Å². The Kier molecular flexibility index (Phi) is 33.4. The number of carbonyl (C=O) groups is 3. The van der Waals surface area contributed by atoms with Gasteiger partial charge in [0.25, 0.3) is 0 Å². The summed E-state index contributed by atoms with van der Waals surface area (Å²) in [5, 5.41) is 56.8. The van der Waals surface area contributed by atoms with Gasteiger partial charge in [-0.25, -0.2) is 4.18 Å². The number of methoxy groups -OCH3 is 2. The minimum absolute atomic E-state index is 0.0760. The van der Waals surface area contributed by atoms with Crippen LogP contribution in [0.4, 0.5) is 0 Å². The molecule has 2 aromatic rings. The number of carbonyl (C=O) groups excluding carboxylic acids is 3. The third-order valence-corrected chi connectivity index (χ3v) is 18.6. The van der Waals surface area contributed by atoms with E-state index in [9.17, 15) is 53.1 Å². The number of cyclic esters (lactones) is 1. The number of esters is 2. The molecular formula is C68H115NO22S. The molecule has 1 aromatic carbocycles. The lowest BCUT2D eigenvalue weighted by atomic mass is 9.74. The van der Waals surface area contributed by atoms with E-state index < -0.39 is 124 Å². The number of benzene rings is 1. The zero-order valence-corrected chi connectivity index (χ0v) is 59.3. The summed E-state index contributed by atoms with van der Waals surface area (Å²) < 4.78 is 87.6. The maximum atomic E-state index is 14.2. The SMILES string of the molecule is CCC(=O)OC1C(OC2C(C)C(OC3CC(C)(OC)C(O)C(C)O3)C(C)C(=O)OC(CC)C(C)(O)C(O)C(C)C(=O)C(C)CC2(C)O)OC(C)CC1N(C)C.CCCCCCCCCCCCOS(=O)(=O)O.COc1cc(O)c2c(=O)cc(C)oc2c1CC=C(C)C. The van der Waals surface area contributed by atoms with E-state index in [4.69, 9.17) is 46.9 Å². The van der Waals surface area contributed by atoms with Crippen molar-refractivity contribution in [2.75, 3.05) is 34.9 Å². The number of aliphatic hydroxyl groups excluding tert-OH is 2. The Balaban J connectivity index is 0.000000481. The Morgan fingerprint density at radius 1 is 0.815 bits per heavy atom. The number of aromatic hydroxyl groups is 1. The number of rotatable bonds is 24. The predicted molar refractivity (Wildman–Crippen MR) is 348 cm³/mol. The van der Waals surface area contributed by atoms with Crippen molar-refractivity contribution in [3.05, 3.63) is 45.3 Å². The largest absolute Gasteiger partial charge is 0.507 e. The Bertz CT molecular complexity index is 2820. The average molecular weight is 1330 g/mol. The van der Waals surface area contributed by atoms with E-state index in [1.165, 1.54) is 92.1 Å². The summed E-state index contributed by atoms with van der Waals surface area (Å²) in [7, 11) is 2.50. The van der Waals surface area contributed by atoms with Crippen LogP contribution >= 0.6 is 0 Å². The average Bonchev–Trinajstić information content (AvgIpc) is 0.802. The van der Waals surface area contributed by atoms with Crippen LogP contribution in [-0.2, 0) is 68.5 Å². The molecule has 5 rings (SSSR count). The van der Waals surface area contributed by atoms with Gasteiger partial charge in [0, 0.05) is 55.4 Å². The van der Waals surface area contributed by atoms with Gasteiger partial charge in [0.1, 0.15) is 51.8 Å². The molecule has 0 aliphatic carbocycles. The van der Waals surface area contributed by atoms with E-state index in [1.807, 2.05) is 45.8 Å². The van der Waals surface area contributed by atoms with Crippen molar-refractivity contribution in [2.45, 2.75) is 291 Å². The van der Waals surface area contributed by atoms with Gasteiger partial charge < -0.3 is 72.7 Å². The fraction of sp³-hybridized carbons (Fsp3) is 0.794. The minimum Gasteiger partial charge on any atom is -0.507 e. The Hall–Kier alpha value is -4.15. The van der Waals surface area contributed by atoms with E-state index in [2.05, 4.69) is 11.1 Å². The summed E-state index contributed by atoms with van der Waals surface area (Å²) in [6, 6.07) is 2.52. The molecule has 92 heavy (non-hydrogen) atoms. The first-order chi connectivity index (χ1) is 42.9. The molecule has 0 saturated carbocycles. The molecule has 3 fully saturated rings. The van der Waals surface area contributed by atoms with Crippen molar-refractivity contribution in [3.8, 4) is 11.5 Å². The second-order valence-electron chi connectivity index (χ2n) is 26.7. The maximum absolute atomic E-state index is 14.2. The number of unbranched alkanes of at least 4 members (excludes halogenated alkanes) is 9. The molecule has 0 spiro atoms. The highest BCUT2D eigenvalue weighted by Crippen LogP contribution is 2.42. The van der Waals surface area contributed by atoms with Crippen molar-refractivity contribution >= 4 is 39.1 Å². The zero-order valence-electron chi connectivity index (χ0n) is 58.5. The van der Waals surface area contributed by atoms with Crippen molar-refractivity contribution in [2.24, 2.45) is 23.7 Å². The summed E-state index contributed by atoms with van der Waals surface area (Å²) in [5.41, 5.74) is -2.85. The third kappa shape index (κ3) is 23.6. The van der Waals surface area contributed by atoms with Crippen LogP contribution in [0.25, 0.3) is 11.0 Å². The molecular weight excluding hydrogens is 1210 g/mol. The van der Waals surface area contributed by atoms with Gasteiger partial charge >= 0.3 is 22.3 Å². The van der Waals surface area contributed by atoms with E-state index >= 15 is 0 Å². The Morgan fingerprint density at radius 2 is 1.41 bits per heavy atom. The first-order valence-corrected chi connectivity index (χ1v) is 34.4. The zero-order chi connectivity index (χ0) is 69.8. The normalized spacial score (nSPS) is 32.5. The first kappa shape index (κ1) is 82.1. The predicted octanol–water partition coefficient (Wildman–Crippen LogP) is 9.80. The number of likely N-dealkylation sites (N-methyl/N-ethyl adjacent to an activating group) is 1. The van der Waals surface area contributed by atoms with E-state index in [1.54, 1.807) is 55.4 Å². The molecule has 0 radical (unpaired) electrons. The number of phenolic OH excluding ortho intramolecular Hbond substituents is 1. The second-order valence-corrected chi connectivity index (χ2v) is 27.8. The minimum atomic E-state index is -4.23. The van der Waals surface area contributed by atoms with Gasteiger partial charge in [-0.2, -0.15) is 8.42 Å². The number of hydrogen-bond acceptors (Lipinski definition) is 22. The lowest BCUT2D eigenvalue weighted by Crippen LogP contribution is -2.61. The molecule has 1 aromatic heterocycles. The van der Waals surface area contributed by atoms with Gasteiger partial charge in [-0.15, -0.1) is 0 Å². The van der Waals surface area contributed by atoms with E-state index in [0.717, 1.165) is 24.0 Å². The van der Waals surface area contributed by atoms with Gasteiger partial charge in [0.2, 0.25) is 0 Å². The van der Waals surface area contributed by atoms with Crippen LogP contribution < -0.4 is 10.2 Å². The van der Waals surface area contributed by atoms with Crippen LogP contribution in [0.1, 0.15) is 205 Å². The Morgan fingerprint density at radius 3 is 1.95 bits per heavy atom. The highest BCUT2D eigenvalue weighted by Gasteiger charge is 2.54. The summed E-state index contributed by atoms with van der Waals surface area (Å²) >= 11 is 0. The number of fused-ring (bicyclic) bond motifs is 1. The molecule has 18 atom stereocenters. The Labute approximate surface area is 547 Å². The van der Waals surface area contributed by atoms with Crippen molar-refractivity contribution < 1.29 is 99.4 Å². The number of allylic oxidation sites excluding steroid dienone is 2. The van der Waals surface area contributed by atoms with Gasteiger partial charge in [0.15, 0.2) is 24.1 Å². The number of aryl methyl sites for hydroxylation is 1. The lowest BCUT2D eigenvalue weighted by molar-refractivity contribution is -0.319. The van der Waals surface area contributed by atoms with Gasteiger partial charge in [-0.1, -0.05) is 111 Å². The topological polar surface area (TPSA) is 323 Å². The third-order valence-electron chi connectivity index (χ3n) is 18.2.